The Morgan fingerprint density at radius 3 is 2.64 bits per heavy atom. The molecule has 1 aromatic carbocycles. The highest BCUT2D eigenvalue weighted by atomic mass is 35.5. The third kappa shape index (κ3) is 3.34. The molecule has 0 atom stereocenters. The first-order chi connectivity index (χ1) is 10.4. The first kappa shape index (κ1) is 16.2. The molecule has 2 rings (SSSR count). The summed E-state index contributed by atoms with van der Waals surface area (Å²) in [5.74, 6) is -0.413. The van der Waals surface area contributed by atoms with E-state index in [0.29, 0.717) is 32.9 Å². The summed E-state index contributed by atoms with van der Waals surface area (Å²) >= 11 is 5.81. The number of halogens is 2. The molecule has 3 nitrogen and oxygen atoms in total. The Bertz CT molecular complexity index is 822. The molecule has 2 aromatic rings. The van der Waals surface area contributed by atoms with Crippen LogP contribution in [0.4, 0.5) is 4.39 Å². The van der Waals surface area contributed by atoms with Crippen LogP contribution >= 0.6 is 11.6 Å². The topological polar surface area (TPSA) is 34.4 Å². The van der Waals surface area contributed by atoms with Gasteiger partial charge >= 0.3 is 0 Å². The quantitative estimate of drug-likeness (QED) is 0.624. The summed E-state index contributed by atoms with van der Waals surface area (Å²) in [5.41, 5.74) is 2.74. The summed E-state index contributed by atoms with van der Waals surface area (Å²) in [6, 6.07) is 8.13. The first-order valence-electron chi connectivity index (χ1n) is 6.72. The maximum atomic E-state index is 14.2. The highest BCUT2D eigenvalue weighted by Gasteiger charge is 2.09. The molecule has 0 saturated heterocycles. The number of allylic oxidation sites excluding steroid dienone is 2. The fourth-order valence-electron chi connectivity index (χ4n) is 1.99. The second-order valence-electron chi connectivity index (χ2n) is 4.98. The molecule has 0 aliphatic carbocycles. The Morgan fingerprint density at radius 2 is 2.00 bits per heavy atom. The molecular weight excluding hydrogens is 303 g/mol. The average molecular weight is 319 g/mol. The summed E-state index contributed by atoms with van der Waals surface area (Å²) in [5, 5.41) is 0.341. The Morgan fingerprint density at radius 1 is 1.27 bits per heavy atom. The first-order valence-corrected chi connectivity index (χ1v) is 7.10. The van der Waals surface area contributed by atoms with E-state index in [2.05, 4.69) is 4.99 Å². The smallest absolute Gasteiger partial charge is 0.147 e. The lowest BCUT2D eigenvalue weighted by atomic mass is 10.1. The van der Waals surface area contributed by atoms with E-state index in [0.717, 1.165) is 6.29 Å². The normalized spacial score (nSPS) is 13.0. The minimum atomic E-state index is -0.413. The number of aromatic nitrogens is 1. The van der Waals surface area contributed by atoms with Gasteiger partial charge in [0.1, 0.15) is 17.6 Å². The largest absolute Gasteiger partial charge is 0.336 e. The van der Waals surface area contributed by atoms with Gasteiger partial charge in [-0.2, -0.15) is 0 Å². The summed E-state index contributed by atoms with van der Waals surface area (Å²) < 4.78 is 16.0. The van der Waals surface area contributed by atoms with Crippen LogP contribution in [0.1, 0.15) is 13.8 Å². The van der Waals surface area contributed by atoms with E-state index >= 15 is 0 Å². The van der Waals surface area contributed by atoms with E-state index < -0.39 is 5.82 Å². The van der Waals surface area contributed by atoms with E-state index in [9.17, 15) is 9.18 Å². The minimum Gasteiger partial charge on any atom is -0.336 e. The van der Waals surface area contributed by atoms with Gasteiger partial charge in [0.15, 0.2) is 0 Å². The van der Waals surface area contributed by atoms with Crippen LogP contribution in [0.15, 0.2) is 52.8 Å². The zero-order valence-electron chi connectivity index (χ0n) is 12.6. The number of carbonyl (C=O) groups is 1. The Kier molecular flexibility index (Phi) is 4.93. The third-order valence-electron chi connectivity index (χ3n) is 3.39. The van der Waals surface area contributed by atoms with Crippen molar-refractivity contribution in [2.75, 3.05) is 0 Å². The van der Waals surface area contributed by atoms with Crippen molar-refractivity contribution in [2.24, 2.45) is 12.0 Å². The van der Waals surface area contributed by atoms with Gasteiger partial charge in [0.25, 0.3) is 0 Å². The molecule has 0 radical (unpaired) electrons. The molecule has 0 saturated carbocycles. The lowest BCUT2D eigenvalue weighted by Crippen LogP contribution is -2.20. The van der Waals surface area contributed by atoms with Crippen LogP contribution in [0.3, 0.4) is 0 Å². The van der Waals surface area contributed by atoms with Crippen LogP contribution < -0.4 is 5.49 Å². The maximum absolute atomic E-state index is 14.2. The molecule has 0 aliphatic rings. The molecule has 5 heteroatoms. The van der Waals surface area contributed by atoms with Gasteiger partial charge in [0, 0.05) is 40.7 Å². The van der Waals surface area contributed by atoms with Crippen LogP contribution in [0, 0.1) is 5.82 Å². The van der Waals surface area contributed by atoms with Gasteiger partial charge in [-0.25, -0.2) is 9.38 Å². The predicted molar refractivity (Wildman–Crippen MR) is 85.8 cm³/mol. The highest BCUT2D eigenvalue weighted by Crippen LogP contribution is 2.23. The van der Waals surface area contributed by atoms with Crippen LogP contribution in [0.5, 0.6) is 0 Å². The van der Waals surface area contributed by atoms with E-state index in [1.807, 2.05) is 19.3 Å². The molecular formula is C17H16ClFN2O. The summed E-state index contributed by atoms with van der Waals surface area (Å²) in [6.07, 6.45) is 2.57. The molecule has 0 unspecified atom stereocenters. The molecule has 0 amide bonds. The second-order valence-corrected chi connectivity index (χ2v) is 5.42. The number of aryl methyl sites for hydroxylation is 1. The second kappa shape index (κ2) is 6.71. The molecule has 0 fully saturated rings. The SMILES string of the molecule is C/C(C=O)=C(\C)N=c1c(-c2ccc(Cl)cc2F)cccn1C. The number of nitrogens with zero attached hydrogens (tertiary/aromatic N) is 2. The van der Waals surface area contributed by atoms with Crippen LogP contribution in [0.2, 0.25) is 5.02 Å². The number of pyridine rings is 1. The van der Waals surface area contributed by atoms with Crippen molar-refractivity contribution in [1.29, 1.82) is 0 Å². The molecule has 0 spiro atoms. The molecule has 0 bridgehead atoms. The van der Waals surface area contributed by atoms with Gasteiger partial charge in [-0.1, -0.05) is 11.6 Å². The minimum absolute atomic E-state index is 0.341. The molecule has 0 N–H and O–H groups in total. The number of benzene rings is 1. The maximum Gasteiger partial charge on any atom is 0.147 e. The lowest BCUT2D eigenvalue weighted by Gasteiger charge is -2.09. The van der Waals surface area contributed by atoms with Crippen molar-refractivity contribution < 1.29 is 9.18 Å². The van der Waals surface area contributed by atoms with Gasteiger partial charge in [0.05, 0.1) is 0 Å². The van der Waals surface area contributed by atoms with Crippen LogP contribution in [-0.2, 0) is 11.8 Å². The van der Waals surface area contributed by atoms with E-state index in [-0.39, 0.29) is 0 Å². The monoisotopic (exact) mass is 318 g/mol. The summed E-state index contributed by atoms with van der Waals surface area (Å²) in [6.45, 7) is 3.44. The summed E-state index contributed by atoms with van der Waals surface area (Å²) in [7, 11) is 1.82. The number of aldehydes is 1. The average Bonchev–Trinajstić information content (AvgIpc) is 2.48. The van der Waals surface area contributed by atoms with E-state index in [1.165, 1.54) is 6.07 Å². The van der Waals surface area contributed by atoms with Crippen molar-refractivity contribution in [1.82, 2.24) is 4.57 Å². The van der Waals surface area contributed by atoms with Gasteiger partial charge < -0.3 is 4.57 Å². The third-order valence-corrected chi connectivity index (χ3v) is 3.63. The van der Waals surface area contributed by atoms with E-state index in [1.54, 1.807) is 36.6 Å². The van der Waals surface area contributed by atoms with Crippen molar-refractivity contribution in [3.05, 3.63) is 64.1 Å². The van der Waals surface area contributed by atoms with E-state index in [4.69, 9.17) is 11.6 Å². The van der Waals surface area contributed by atoms with Gasteiger partial charge in [0.2, 0.25) is 0 Å². The Balaban J connectivity index is 2.77. The van der Waals surface area contributed by atoms with Crippen molar-refractivity contribution in [2.45, 2.75) is 13.8 Å². The van der Waals surface area contributed by atoms with Crippen molar-refractivity contribution in [3.8, 4) is 11.1 Å². The Hall–Kier alpha value is -2.20. The van der Waals surface area contributed by atoms with Crippen LogP contribution in [-0.4, -0.2) is 10.9 Å². The molecule has 1 aromatic heterocycles. The summed E-state index contributed by atoms with van der Waals surface area (Å²) in [4.78, 5) is 15.3. The molecule has 114 valence electrons. The molecule has 22 heavy (non-hydrogen) atoms. The fraction of sp³-hybridized carbons (Fsp3) is 0.176. The Labute approximate surface area is 133 Å². The zero-order chi connectivity index (χ0) is 16.3. The number of hydrogen-bond acceptors (Lipinski definition) is 2. The number of carbonyl (C=O) groups excluding carboxylic acids is 1. The number of rotatable bonds is 3. The molecule has 0 aliphatic heterocycles. The zero-order valence-corrected chi connectivity index (χ0v) is 13.4. The van der Waals surface area contributed by atoms with Gasteiger partial charge in [-0.15, -0.1) is 0 Å². The van der Waals surface area contributed by atoms with Gasteiger partial charge in [-0.05, 0) is 44.2 Å². The molecule has 1 heterocycles. The lowest BCUT2D eigenvalue weighted by molar-refractivity contribution is -0.104. The van der Waals surface area contributed by atoms with Gasteiger partial charge in [-0.3, -0.25) is 4.79 Å². The number of hydrogen-bond donors (Lipinski definition) is 0. The highest BCUT2D eigenvalue weighted by molar-refractivity contribution is 6.30. The van der Waals surface area contributed by atoms with Crippen molar-refractivity contribution >= 4 is 17.9 Å². The standard InChI is InChI=1S/C17H16ClFN2O/c1-11(10-22)12(2)20-17-15(5-4-8-21(17)3)14-7-6-13(18)9-16(14)19/h4-10H,1-3H3/b12-11-,20-17?. The van der Waals surface area contributed by atoms with Crippen LogP contribution in [0.25, 0.3) is 11.1 Å². The fourth-order valence-corrected chi connectivity index (χ4v) is 2.15. The predicted octanol–water partition coefficient (Wildman–Crippen LogP) is 3.88. The van der Waals surface area contributed by atoms with Crippen molar-refractivity contribution in [3.63, 3.8) is 0 Å².